The number of aromatic nitrogens is 2. The van der Waals surface area contributed by atoms with Crippen molar-refractivity contribution in [3.8, 4) is 0 Å². The largest absolute Gasteiger partial charge is 0.371 e. The minimum absolute atomic E-state index is 0.0366. The quantitative estimate of drug-likeness (QED) is 0.813. The molecule has 1 aromatic carbocycles. The minimum atomic E-state index is 0.0366. The molecule has 0 bridgehead atoms. The Bertz CT molecular complexity index is 742. The molecule has 1 aromatic heterocycles. The van der Waals surface area contributed by atoms with E-state index in [-0.39, 0.29) is 6.10 Å². The Morgan fingerprint density at radius 1 is 1.25 bits per heavy atom. The lowest BCUT2D eigenvalue weighted by molar-refractivity contribution is -0.0330. The van der Waals surface area contributed by atoms with Crippen LogP contribution in [0.3, 0.4) is 0 Å². The van der Waals surface area contributed by atoms with Crippen molar-refractivity contribution in [2.75, 3.05) is 19.7 Å². The lowest BCUT2D eigenvalue weighted by Crippen LogP contribution is -2.38. The van der Waals surface area contributed by atoms with Gasteiger partial charge in [0.2, 0.25) is 0 Å². The molecule has 1 unspecified atom stereocenters. The number of hydrogen-bond donors (Lipinski definition) is 0. The lowest BCUT2D eigenvalue weighted by Gasteiger charge is -2.33. The maximum Gasteiger partial charge on any atom is 0.0953 e. The van der Waals surface area contributed by atoms with E-state index in [1.54, 1.807) is 0 Å². The van der Waals surface area contributed by atoms with Crippen LogP contribution in [0.25, 0.3) is 0 Å². The third kappa shape index (κ3) is 3.33. The molecular formula is C18H21Cl2N3O. The summed E-state index contributed by atoms with van der Waals surface area (Å²) in [6, 6.07) is 5.76. The SMILES string of the molecule is Cn1ncc(CN2CCOC(c3ccc(Cl)c(Cl)c3)C2)c1C1CC1. The molecule has 24 heavy (non-hydrogen) atoms. The van der Waals surface area contributed by atoms with E-state index in [0.29, 0.717) is 16.0 Å². The number of aryl methyl sites for hydroxylation is 1. The van der Waals surface area contributed by atoms with Crippen molar-refractivity contribution in [2.24, 2.45) is 7.05 Å². The van der Waals surface area contributed by atoms with Crippen LogP contribution in [0.1, 0.15) is 41.7 Å². The summed E-state index contributed by atoms with van der Waals surface area (Å²) in [4.78, 5) is 2.44. The van der Waals surface area contributed by atoms with E-state index in [1.807, 2.05) is 29.1 Å². The molecule has 2 aromatic rings. The fourth-order valence-electron chi connectivity index (χ4n) is 3.50. The Labute approximate surface area is 152 Å². The number of nitrogens with zero attached hydrogens (tertiary/aromatic N) is 3. The van der Waals surface area contributed by atoms with Gasteiger partial charge in [-0.25, -0.2) is 0 Å². The molecule has 0 spiro atoms. The molecule has 1 atom stereocenters. The molecule has 0 N–H and O–H groups in total. The standard InChI is InChI=1S/C18H21Cl2N3O/c1-22-18(12-2-3-12)14(9-21-22)10-23-6-7-24-17(11-23)13-4-5-15(19)16(20)8-13/h4-5,8-9,12,17H,2-3,6-7,10-11H2,1H3. The Morgan fingerprint density at radius 3 is 2.83 bits per heavy atom. The number of hydrogen-bond acceptors (Lipinski definition) is 3. The average Bonchev–Trinajstić information content (AvgIpc) is 3.34. The normalized spacial score (nSPS) is 22.0. The molecular weight excluding hydrogens is 345 g/mol. The zero-order valence-electron chi connectivity index (χ0n) is 13.7. The van der Waals surface area contributed by atoms with E-state index in [1.165, 1.54) is 24.1 Å². The van der Waals surface area contributed by atoms with Crippen molar-refractivity contribution in [1.82, 2.24) is 14.7 Å². The first kappa shape index (κ1) is 16.4. The first-order chi connectivity index (χ1) is 11.6. The molecule has 4 rings (SSSR count). The van der Waals surface area contributed by atoms with Crippen LogP contribution >= 0.6 is 23.2 Å². The predicted molar refractivity (Wildman–Crippen MR) is 95.6 cm³/mol. The fourth-order valence-corrected chi connectivity index (χ4v) is 3.81. The van der Waals surface area contributed by atoms with Gasteiger partial charge >= 0.3 is 0 Å². The van der Waals surface area contributed by atoms with E-state index in [0.717, 1.165) is 31.8 Å². The van der Waals surface area contributed by atoms with E-state index in [9.17, 15) is 0 Å². The molecule has 4 nitrogen and oxygen atoms in total. The number of morpholine rings is 1. The molecule has 6 heteroatoms. The summed E-state index contributed by atoms with van der Waals surface area (Å²) in [5, 5.41) is 5.63. The summed E-state index contributed by atoms with van der Waals surface area (Å²) in [5.74, 6) is 0.708. The molecule has 1 aliphatic heterocycles. The first-order valence-corrected chi connectivity index (χ1v) is 9.17. The molecule has 2 heterocycles. The highest BCUT2D eigenvalue weighted by Crippen LogP contribution is 2.41. The molecule has 128 valence electrons. The average molecular weight is 366 g/mol. The maximum absolute atomic E-state index is 6.15. The summed E-state index contributed by atoms with van der Waals surface area (Å²) < 4.78 is 8.00. The summed E-state index contributed by atoms with van der Waals surface area (Å²) in [7, 11) is 2.05. The van der Waals surface area contributed by atoms with Crippen molar-refractivity contribution < 1.29 is 4.74 Å². The smallest absolute Gasteiger partial charge is 0.0953 e. The first-order valence-electron chi connectivity index (χ1n) is 8.41. The van der Waals surface area contributed by atoms with Gasteiger partial charge in [0, 0.05) is 43.9 Å². The highest BCUT2D eigenvalue weighted by atomic mass is 35.5. The van der Waals surface area contributed by atoms with Gasteiger partial charge in [-0.2, -0.15) is 5.10 Å². The predicted octanol–water partition coefficient (Wildman–Crippen LogP) is 4.18. The van der Waals surface area contributed by atoms with Crippen LogP contribution in [0.15, 0.2) is 24.4 Å². The minimum Gasteiger partial charge on any atom is -0.371 e. The van der Waals surface area contributed by atoms with E-state index in [4.69, 9.17) is 27.9 Å². The van der Waals surface area contributed by atoms with E-state index < -0.39 is 0 Å². The van der Waals surface area contributed by atoms with Gasteiger partial charge in [0.15, 0.2) is 0 Å². The highest BCUT2D eigenvalue weighted by molar-refractivity contribution is 6.42. The van der Waals surface area contributed by atoms with Crippen LogP contribution in [-0.4, -0.2) is 34.4 Å². The Hall–Kier alpha value is -1.07. The number of rotatable bonds is 4. The molecule has 1 aliphatic carbocycles. The van der Waals surface area contributed by atoms with Crippen LogP contribution in [0.4, 0.5) is 0 Å². The van der Waals surface area contributed by atoms with Crippen LogP contribution in [0, 0.1) is 0 Å². The fraction of sp³-hybridized carbons (Fsp3) is 0.500. The van der Waals surface area contributed by atoms with Crippen molar-refractivity contribution in [3.63, 3.8) is 0 Å². The monoisotopic (exact) mass is 365 g/mol. The van der Waals surface area contributed by atoms with Gasteiger partial charge in [-0.05, 0) is 30.5 Å². The van der Waals surface area contributed by atoms with Crippen molar-refractivity contribution in [1.29, 1.82) is 0 Å². The lowest BCUT2D eigenvalue weighted by atomic mass is 10.1. The van der Waals surface area contributed by atoms with Gasteiger partial charge in [0.1, 0.15) is 0 Å². The summed E-state index contributed by atoms with van der Waals surface area (Å²) in [6.45, 7) is 3.46. The summed E-state index contributed by atoms with van der Waals surface area (Å²) in [5.41, 5.74) is 3.85. The zero-order chi connectivity index (χ0) is 16.7. The second-order valence-electron chi connectivity index (χ2n) is 6.72. The Kier molecular flexibility index (Phi) is 4.56. The number of benzene rings is 1. The third-order valence-electron chi connectivity index (χ3n) is 4.89. The maximum atomic E-state index is 6.15. The van der Waals surface area contributed by atoms with Crippen LogP contribution in [0.5, 0.6) is 0 Å². The van der Waals surface area contributed by atoms with Gasteiger partial charge in [-0.15, -0.1) is 0 Å². The van der Waals surface area contributed by atoms with Gasteiger partial charge in [0.05, 0.1) is 29.0 Å². The molecule has 1 saturated carbocycles. The number of halogens is 2. The van der Waals surface area contributed by atoms with Crippen LogP contribution in [-0.2, 0) is 18.3 Å². The van der Waals surface area contributed by atoms with Crippen LogP contribution in [0.2, 0.25) is 10.0 Å². The second kappa shape index (κ2) is 6.68. The summed E-state index contributed by atoms with van der Waals surface area (Å²) in [6.07, 6.45) is 4.65. The third-order valence-corrected chi connectivity index (χ3v) is 5.63. The molecule has 2 fully saturated rings. The zero-order valence-corrected chi connectivity index (χ0v) is 15.2. The second-order valence-corrected chi connectivity index (χ2v) is 7.54. The van der Waals surface area contributed by atoms with Gasteiger partial charge in [-0.3, -0.25) is 9.58 Å². The van der Waals surface area contributed by atoms with Gasteiger partial charge in [0.25, 0.3) is 0 Å². The Balaban J connectivity index is 1.48. The molecule has 1 saturated heterocycles. The molecule has 0 radical (unpaired) electrons. The molecule has 0 amide bonds. The van der Waals surface area contributed by atoms with Crippen molar-refractivity contribution in [2.45, 2.75) is 31.4 Å². The van der Waals surface area contributed by atoms with Gasteiger partial charge < -0.3 is 4.74 Å². The summed E-state index contributed by atoms with van der Waals surface area (Å²) >= 11 is 12.2. The Morgan fingerprint density at radius 2 is 2.08 bits per heavy atom. The van der Waals surface area contributed by atoms with E-state index >= 15 is 0 Å². The van der Waals surface area contributed by atoms with Gasteiger partial charge in [-0.1, -0.05) is 29.3 Å². The molecule has 2 aliphatic rings. The highest BCUT2D eigenvalue weighted by Gasteiger charge is 2.31. The topological polar surface area (TPSA) is 30.3 Å². The van der Waals surface area contributed by atoms with E-state index in [2.05, 4.69) is 17.0 Å². The number of ether oxygens (including phenoxy) is 1. The van der Waals surface area contributed by atoms with Crippen molar-refractivity contribution >= 4 is 23.2 Å². The van der Waals surface area contributed by atoms with Crippen LogP contribution < -0.4 is 0 Å². The van der Waals surface area contributed by atoms with Crippen molar-refractivity contribution in [3.05, 3.63) is 51.3 Å².